The van der Waals surface area contributed by atoms with Gasteiger partial charge >= 0.3 is 0 Å². The van der Waals surface area contributed by atoms with Crippen molar-refractivity contribution in [1.29, 1.82) is 0 Å². The Morgan fingerprint density at radius 3 is 2.50 bits per heavy atom. The molecule has 0 bridgehead atoms. The Morgan fingerprint density at radius 1 is 1.40 bits per heavy atom. The van der Waals surface area contributed by atoms with E-state index in [0.29, 0.717) is 10.6 Å². The first-order valence-electron chi connectivity index (χ1n) is 6.06. The number of benzene rings is 1. The lowest BCUT2D eigenvalue weighted by Crippen LogP contribution is -2.41. The van der Waals surface area contributed by atoms with Gasteiger partial charge in [0.1, 0.15) is 0 Å². The number of sulfone groups is 1. The quantitative estimate of drug-likeness (QED) is 0.889. The second-order valence-corrected chi connectivity index (χ2v) is 7.22. The topological polar surface area (TPSA) is 66.5 Å². The van der Waals surface area contributed by atoms with Crippen LogP contribution in [0.4, 0.5) is 0 Å². The van der Waals surface area contributed by atoms with Crippen LogP contribution in [0.1, 0.15) is 12.5 Å². The maximum Gasteiger partial charge on any atom is 0.238 e. The molecule has 1 rings (SSSR count). The maximum atomic E-state index is 11.7. The van der Waals surface area contributed by atoms with E-state index in [1.807, 2.05) is 0 Å². The van der Waals surface area contributed by atoms with Crippen molar-refractivity contribution in [1.82, 2.24) is 10.2 Å². The van der Waals surface area contributed by atoms with Crippen LogP contribution in [0.5, 0.6) is 0 Å². The van der Waals surface area contributed by atoms with E-state index in [4.69, 9.17) is 11.6 Å². The SMILES string of the molecule is CC(NCc1c(Cl)cccc1S(C)(=O)=O)C(=O)N(C)C. The molecule has 1 atom stereocenters. The first kappa shape index (κ1) is 16.9. The third-order valence-corrected chi connectivity index (χ3v) is 4.41. The first-order valence-corrected chi connectivity index (χ1v) is 8.33. The van der Waals surface area contributed by atoms with E-state index in [0.717, 1.165) is 6.26 Å². The molecule has 0 saturated heterocycles. The molecular formula is C13H19ClN2O3S. The number of carbonyl (C=O) groups excluding carboxylic acids is 1. The summed E-state index contributed by atoms with van der Waals surface area (Å²) in [5.41, 5.74) is 0.482. The van der Waals surface area contributed by atoms with Crippen LogP contribution in [-0.4, -0.2) is 45.6 Å². The number of nitrogens with one attached hydrogen (secondary N) is 1. The molecule has 5 nitrogen and oxygen atoms in total. The zero-order chi connectivity index (χ0) is 15.5. The largest absolute Gasteiger partial charge is 0.347 e. The molecule has 0 spiro atoms. The van der Waals surface area contributed by atoms with Crippen molar-refractivity contribution in [2.75, 3.05) is 20.4 Å². The van der Waals surface area contributed by atoms with E-state index in [2.05, 4.69) is 5.32 Å². The van der Waals surface area contributed by atoms with Crippen molar-refractivity contribution < 1.29 is 13.2 Å². The Kier molecular flexibility index (Phi) is 5.56. The molecule has 1 N–H and O–H groups in total. The average Bonchev–Trinajstić information content (AvgIpc) is 2.34. The van der Waals surface area contributed by atoms with Crippen LogP contribution in [0.15, 0.2) is 23.1 Å². The van der Waals surface area contributed by atoms with E-state index in [9.17, 15) is 13.2 Å². The van der Waals surface area contributed by atoms with Gasteiger partial charge < -0.3 is 10.2 Å². The molecule has 0 aliphatic rings. The Balaban J connectivity index is 2.97. The fourth-order valence-corrected chi connectivity index (χ4v) is 3.04. The smallest absolute Gasteiger partial charge is 0.238 e. The number of amides is 1. The number of hydrogen-bond acceptors (Lipinski definition) is 4. The van der Waals surface area contributed by atoms with Gasteiger partial charge in [-0.15, -0.1) is 0 Å². The van der Waals surface area contributed by atoms with Crippen LogP contribution in [0, 0.1) is 0 Å². The summed E-state index contributed by atoms with van der Waals surface area (Å²) in [5, 5.41) is 3.36. The van der Waals surface area contributed by atoms with Gasteiger partial charge in [-0.1, -0.05) is 17.7 Å². The Hall–Kier alpha value is -1.11. The minimum Gasteiger partial charge on any atom is -0.347 e. The molecule has 0 aromatic heterocycles. The summed E-state index contributed by atoms with van der Waals surface area (Å²) in [6, 6.07) is 4.31. The fraction of sp³-hybridized carbons (Fsp3) is 0.462. The van der Waals surface area contributed by atoms with Gasteiger partial charge in [-0.3, -0.25) is 4.79 Å². The normalized spacial score (nSPS) is 13.1. The highest BCUT2D eigenvalue weighted by Crippen LogP contribution is 2.23. The molecule has 1 aromatic carbocycles. The number of carbonyl (C=O) groups is 1. The lowest BCUT2D eigenvalue weighted by atomic mass is 10.2. The van der Waals surface area contributed by atoms with Crippen molar-refractivity contribution in [2.45, 2.75) is 24.4 Å². The molecule has 1 amide bonds. The van der Waals surface area contributed by atoms with E-state index < -0.39 is 15.9 Å². The zero-order valence-electron chi connectivity index (χ0n) is 12.0. The van der Waals surface area contributed by atoms with Gasteiger partial charge in [-0.05, 0) is 19.1 Å². The number of likely N-dealkylation sites (N-methyl/N-ethyl adjacent to an activating group) is 1. The predicted molar refractivity (Wildman–Crippen MR) is 79.6 cm³/mol. The Morgan fingerprint density at radius 2 is 2.00 bits per heavy atom. The Labute approximate surface area is 124 Å². The molecule has 0 saturated carbocycles. The molecule has 112 valence electrons. The van der Waals surface area contributed by atoms with Crippen LogP contribution >= 0.6 is 11.6 Å². The minimum absolute atomic E-state index is 0.0852. The summed E-state index contributed by atoms with van der Waals surface area (Å²) in [6.45, 7) is 1.93. The highest BCUT2D eigenvalue weighted by Gasteiger charge is 2.19. The van der Waals surface area contributed by atoms with E-state index in [1.54, 1.807) is 33.2 Å². The molecule has 0 fully saturated rings. The summed E-state index contributed by atoms with van der Waals surface area (Å²) in [6.07, 6.45) is 1.14. The highest BCUT2D eigenvalue weighted by molar-refractivity contribution is 7.90. The van der Waals surface area contributed by atoms with E-state index >= 15 is 0 Å². The number of hydrogen-bond donors (Lipinski definition) is 1. The minimum atomic E-state index is -3.36. The number of halogens is 1. The third-order valence-electron chi connectivity index (χ3n) is 2.87. The fourth-order valence-electron chi connectivity index (χ4n) is 1.79. The van der Waals surface area contributed by atoms with Crippen molar-refractivity contribution in [3.8, 4) is 0 Å². The van der Waals surface area contributed by atoms with Gasteiger partial charge in [0.05, 0.1) is 10.9 Å². The lowest BCUT2D eigenvalue weighted by Gasteiger charge is -2.19. The van der Waals surface area contributed by atoms with Crippen LogP contribution in [0.2, 0.25) is 5.02 Å². The molecule has 0 radical (unpaired) electrons. The van der Waals surface area contributed by atoms with Gasteiger partial charge in [0, 0.05) is 37.5 Å². The molecule has 1 unspecified atom stereocenters. The maximum absolute atomic E-state index is 11.7. The summed E-state index contributed by atoms with van der Waals surface area (Å²) < 4.78 is 23.5. The van der Waals surface area contributed by atoms with E-state index in [-0.39, 0.29) is 17.3 Å². The summed E-state index contributed by atoms with van der Waals surface area (Å²) in [5.74, 6) is -0.0852. The van der Waals surface area contributed by atoms with Crippen molar-refractivity contribution in [2.24, 2.45) is 0 Å². The van der Waals surface area contributed by atoms with Crippen molar-refractivity contribution in [3.63, 3.8) is 0 Å². The van der Waals surface area contributed by atoms with Crippen LogP contribution in [0.25, 0.3) is 0 Å². The van der Waals surface area contributed by atoms with Crippen molar-refractivity contribution >= 4 is 27.3 Å². The first-order chi connectivity index (χ1) is 9.14. The molecule has 0 heterocycles. The standard InChI is InChI=1S/C13H19ClN2O3S/c1-9(13(17)16(2)3)15-8-10-11(14)6-5-7-12(10)20(4,18)19/h5-7,9,15H,8H2,1-4H3. The summed E-state index contributed by atoms with van der Waals surface area (Å²) in [4.78, 5) is 13.4. The van der Waals surface area contributed by atoms with Gasteiger partial charge in [0.15, 0.2) is 9.84 Å². The van der Waals surface area contributed by atoms with Crippen molar-refractivity contribution in [3.05, 3.63) is 28.8 Å². The van der Waals surface area contributed by atoms with Gasteiger partial charge in [0.2, 0.25) is 5.91 Å². The third kappa shape index (κ3) is 4.19. The number of nitrogens with zero attached hydrogens (tertiary/aromatic N) is 1. The molecule has 7 heteroatoms. The second-order valence-electron chi connectivity index (χ2n) is 4.82. The van der Waals surface area contributed by atoms with Gasteiger partial charge in [-0.2, -0.15) is 0 Å². The molecule has 0 aliphatic carbocycles. The van der Waals surface area contributed by atoms with Gasteiger partial charge in [-0.25, -0.2) is 8.42 Å². The zero-order valence-corrected chi connectivity index (χ0v) is 13.5. The molecule has 20 heavy (non-hydrogen) atoms. The van der Waals surface area contributed by atoms with Gasteiger partial charge in [0.25, 0.3) is 0 Å². The lowest BCUT2D eigenvalue weighted by molar-refractivity contribution is -0.130. The van der Waals surface area contributed by atoms with Crippen LogP contribution in [-0.2, 0) is 21.2 Å². The van der Waals surface area contributed by atoms with Crippen LogP contribution < -0.4 is 5.32 Å². The molecular weight excluding hydrogens is 300 g/mol. The number of rotatable bonds is 5. The summed E-state index contributed by atoms with van der Waals surface area (Å²) >= 11 is 6.06. The Bertz CT molecular complexity index is 600. The van der Waals surface area contributed by atoms with Crippen LogP contribution in [0.3, 0.4) is 0 Å². The molecule has 1 aromatic rings. The average molecular weight is 319 g/mol. The second kappa shape index (κ2) is 6.56. The summed E-state index contributed by atoms with van der Waals surface area (Å²) in [7, 11) is -0.0310. The highest BCUT2D eigenvalue weighted by atomic mass is 35.5. The molecule has 0 aliphatic heterocycles. The monoisotopic (exact) mass is 318 g/mol. The predicted octanol–water partition coefficient (Wildman–Crippen LogP) is 1.31. The van der Waals surface area contributed by atoms with E-state index in [1.165, 1.54) is 11.0 Å².